The summed E-state index contributed by atoms with van der Waals surface area (Å²) in [5.74, 6) is 1.26. The Morgan fingerprint density at radius 3 is 2.57 bits per heavy atom. The minimum absolute atomic E-state index is 0.190. The molecule has 124 valence electrons. The van der Waals surface area contributed by atoms with Crippen molar-refractivity contribution in [3.05, 3.63) is 33.8 Å². The van der Waals surface area contributed by atoms with E-state index in [4.69, 9.17) is 0 Å². The van der Waals surface area contributed by atoms with E-state index in [1.807, 2.05) is 42.8 Å². The number of rotatable bonds is 4. The van der Waals surface area contributed by atoms with Gasteiger partial charge in [-0.25, -0.2) is 9.97 Å². The lowest BCUT2D eigenvalue weighted by Gasteiger charge is -2.34. The lowest BCUT2D eigenvalue weighted by Crippen LogP contribution is -2.49. The molecule has 0 aliphatic carbocycles. The van der Waals surface area contributed by atoms with Crippen LogP contribution in [0.15, 0.2) is 12.4 Å². The molecule has 1 fully saturated rings. The largest absolute Gasteiger partial charge is 0.340 e. The second-order valence-corrected chi connectivity index (χ2v) is 7.43. The van der Waals surface area contributed by atoms with Crippen LogP contribution in [-0.2, 0) is 24.8 Å². The number of hydrogen-bond acceptors (Lipinski definition) is 5. The molecule has 1 amide bonds. The van der Waals surface area contributed by atoms with Gasteiger partial charge in [-0.2, -0.15) is 0 Å². The first-order valence-electron chi connectivity index (χ1n) is 7.92. The Balaban J connectivity index is 1.51. The molecule has 0 saturated carbocycles. The van der Waals surface area contributed by atoms with Crippen molar-refractivity contribution < 1.29 is 4.79 Å². The zero-order chi connectivity index (χ0) is 16.4. The molecule has 23 heavy (non-hydrogen) atoms. The van der Waals surface area contributed by atoms with Gasteiger partial charge in [-0.1, -0.05) is 0 Å². The Kier molecular flexibility index (Phi) is 4.77. The minimum atomic E-state index is 0.190. The highest BCUT2D eigenvalue weighted by atomic mass is 32.1. The Morgan fingerprint density at radius 1 is 1.26 bits per heavy atom. The minimum Gasteiger partial charge on any atom is -0.340 e. The predicted molar refractivity (Wildman–Crippen MR) is 90.4 cm³/mol. The van der Waals surface area contributed by atoms with Gasteiger partial charge in [0.05, 0.1) is 23.7 Å². The van der Waals surface area contributed by atoms with Crippen molar-refractivity contribution in [3.63, 3.8) is 0 Å². The molecule has 0 aromatic carbocycles. The number of carbonyl (C=O) groups excluding carboxylic acids is 1. The highest BCUT2D eigenvalue weighted by molar-refractivity contribution is 7.11. The summed E-state index contributed by atoms with van der Waals surface area (Å²) in [6.07, 6.45) is 4.22. The maximum Gasteiger partial charge on any atom is 0.228 e. The zero-order valence-corrected chi connectivity index (χ0v) is 14.8. The van der Waals surface area contributed by atoms with E-state index in [-0.39, 0.29) is 5.91 Å². The fourth-order valence-electron chi connectivity index (χ4n) is 2.90. The summed E-state index contributed by atoms with van der Waals surface area (Å²) in [5, 5.41) is 1.03. The molecule has 0 unspecified atom stereocenters. The Bertz CT molecular complexity index is 684. The summed E-state index contributed by atoms with van der Waals surface area (Å²) in [4.78, 5) is 26.8. The van der Waals surface area contributed by atoms with Crippen molar-refractivity contribution in [1.82, 2.24) is 24.3 Å². The average Bonchev–Trinajstić information content (AvgIpc) is 3.05. The van der Waals surface area contributed by atoms with E-state index in [2.05, 4.69) is 14.9 Å². The molecule has 0 radical (unpaired) electrons. The van der Waals surface area contributed by atoms with Gasteiger partial charge in [-0.3, -0.25) is 9.69 Å². The van der Waals surface area contributed by atoms with Crippen molar-refractivity contribution in [2.75, 3.05) is 26.2 Å². The average molecular weight is 333 g/mol. The van der Waals surface area contributed by atoms with Gasteiger partial charge in [0.15, 0.2) is 0 Å². The first-order chi connectivity index (χ1) is 11.0. The number of nitrogens with zero attached hydrogens (tertiary/aromatic N) is 5. The molecule has 7 heteroatoms. The molecule has 2 aromatic rings. The van der Waals surface area contributed by atoms with E-state index in [1.54, 1.807) is 11.3 Å². The lowest BCUT2D eigenvalue weighted by atomic mass is 10.2. The van der Waals surface area contributed by atoms with Crippen molar-refractivity contribution in [2.45, 2.75) is 26.8 Å². The van der Waals surface area contributed by atoms with E-state index in [0.29, 0.717) is 6.42 Å². The Labute approximate surface area is 140 Å². The van der Waals surface area contributed by atoms with Gasteiger partial charge in [0.2, 0.25) is 5.91 Å². The maximum atomic E-state index is 12.5. The summed E-state index contributed by atoms with van der Waals surface area (Å²) in [6, 6.07) is 0. The second-order valence-electron chi connectivity index (χ2n) is 6.02. The first kappa shape index (κ1) is 16.1. The summed E-state index contributed by atoms with van der Waals surface area (Å²) in [6.45, 7) is 8.23. The van der Waals surface area contributed by atoms with Gasteiger partial charge in [0.25, 0.3) is 0 Å². The van der Waals surface area contributed by atoms with Crippen LogP contribution >= 0.6 is 11.3 Å². The fourth-order valence-corrected chi connectivity index (χ4v) is 3.73. The first-order valence-corrected chi connectivity index (χ1v) is 8.74. The summed E-state index contributed by atoms with van der Waals surface area (Å²) < 4.78 is 2.05. The van der Waals surface area contributed by atoms with Crippen LogP contribution < -0.4 is 0 Å². The normalized spacial score (nSPS) is 16.0. The fraction of sp³-hybridized carbons (Fsp3) is 0.562. The van der Waals surface area contributed by atoms with Crippen LogP contribution in [0.4, 0.5) is 0 Å². The number of carbonyl (C=O) groups is 1. The lowest BCUT2D eigenvalue weighted by molar-refractivity contribution is -0.132. The third-order valence-electron chi connectivity index (χ3n) is 4.33. The third-order valence-corrected chi connectivity index (χ3v) is 5.26. The van der Waals surface area contributed by atoms with Crippen LogP contribution in [0, 0.1) is 13.8 Å². The Morgan fingerprint density at radius 2 is 2.00 bits per heavy atom. The molecule has 0 atom stereocenters. The molecule has 3 rings (SSSR count). The molecule has 2 aromatic heterocycles. The van der Waals surface area contributed by atoms with Crippen LogP contribution in [0.5, 0.6) is 0 Å². The van der Waals surface area contributed by atoms with E-state index in [1.165, 1.54) is 0 Å². The number of amides is 1. The van der Waals surface area contributed by atoms with Gasteiger partial charge in [-0.05, 0) is 13.8 Å². The molecule has 1 aliphatic rings. The second kappa shape index (κ2) is 6.80. The topological polar surface area (TPSA) is 54.3 Å². The highest BCUT2D eigenvalue weighted by Crippen LogP contribution is 2.18. The number of imidazole rings is 1. The van der Waals surface area contributed by atoms with Gasteiger partial charge in [0.1, 0.15) is 5.82 Å². The summed E-state index contributed by atoms with van der Waals surface area (Å²) >= 11 is 1.66. The van der Waals surface area contributed by atoms with Gasteiger partial charge < -0.3 is 9.47 Å². The van der Waals surface area contributed by atoms with Crippen molar-refractivity contribution in [3.8, 4) is 0 Å². The van der Waals surface area contributed by atoms with Crippen molar-refractivity contribution >= 4 is 17.2 Å². The van der Waals surface area contributed by atoms with Gasteiger partial charge >= 0.3 is 0 Å². The van der Waals surface area contributed by atoms with Crippen LogP contribution in [0.1, 0.15) is 21.4 Å². The van der Waals surface area contributed by atoms with E-state index < -0.39 is 0 Å². The van der Waals surface area contributed by atoms with Crippen molar-refractivity contribution in [1.29, 1.82) is 0 Å². The predicted octanol–water partition coefficient (Wildman–Crippen LogP) is 1.38. The molecular formula is C16H23N5OS. The molecule has 1 saturated heterocycles. The molecule has 0 spiro atoms. The highest BCUT2D eigenvalue weighted by Gasteiger charge is 2.23. The molecule has 0 bridgehead atoms. The third kappa shape index (κ3) is 3.79. The van der Waals surface area contributed by atoms with Crippen LogP contribution in [-0.4, -0.2) is 56.4 Å². The summed E-state index contributed by atoms with van der Waals surface area (Å²) in [7, 11) is 2.01. The smallest absolute Gasteiger partial charge is 0.228 e. The van der Waals surface area contributed by atoms with E-state index >= 15 is 0 Å². The number of aromatic nitrogens is 3. The number of thiazole rings is 1. The number of aryl methyl sites for hydroxylation is 3. The molecule has 3 heterocycles. The SMILES string of the molecule is Cc1nc(CC(=O)N2CCN(Cc3nccn3C)CC2)c(C)s1. The van der Waals surface area contributed by atoms with Gasteiger partial charge in [-0.15, -0.1) is 11.3 Å². The zero-order valence-electron chi connectivity index (χ0n) is 13.9. The quantitative estimate of drug-likeness (QED) is 0.848. The Hall–Kier alpha value is -1.73. The monoisotopic (exact) mass is 333 g/mol. The number of piperazine rings is 1. The maximum absolute atomic E-state index is 12.5. The van der Waals surface area contributed by atoms with Crippen LogP contribution in [0.2, 0.25) is 0 Å². The van der Waals surface area contributed by atoms with Crippen LogP contribution in [0.25, 0.3) is 0 Å². The molecular weight excluding hydrogens is 310 g/mol. The van der Waals surface area contributed by atoms with Crippen molar-refractivity contribution in [2.24, 2.45) is 7.05 Å². The van der Waals surface area contributed by atoms with Gasteiger partial charge in [0, 0.05) is 50.5 Å². The number of hydrogen-bond donors (Lipinski definition) is 0. The van der Waals surface area contributed by atoms with E-state index in [9.17, 15) is 4.79 Å². The van der Waals surface area contributed by atoms with Crippen LogP contribution in [0.3, 0.4) is 0 Å². The summed E-state index contributed by atoms with van der Waals surface area (Å²) in [5.41, 5.74) is 0.938. The standard InChI is InChI=1S/C16H23N5OS/c1-12-14(18-13(2)23-12)10-16(22)21-8-6-20(7-9-21)11-15-17-4-5-19(15)3/h4-5H,6-11H2,1-3H3. The molecule has 6 nitrogen and oxygen atoms in total. The molecule has 1 aliphatic heterocycles. The van der Waals surface area contributed by atoms with E-state index in [0.717, 1.165) is 54.1 Å². The molecule has 0 N–H and O–H groups in total.